The van der Waals surface area contributed by atoms with Crippen LogP contribution < -0.4 is 0 Å². The van der Waals surface area contributed by atoms with Crippen LogP contribution in [0.1, 0.15) is 38.3 Å². The van der Waals surface area contributed by atoms with Crippen molar-refractivity contribution in [1.29, 1.82) is 0 Å². The van der Waals surface area contributed by atoms with E-state index in [1.165, 1.54) is 0 Å². The largest absolute Gasteiger partial charge is 0.480 e. The first-order chi connectivity index (χ1) is 11.6. The van der Waals surface area contributed by atoms with Crippen molar-refractivity contribution in [2.24, 2.45) is 5.41 Å². The normalized spacial score (nSPS) is 24.5. The molecule has 0 aliphatic carbocycles. The lowest BCUT2D eigenvalue weighted by molar-refractivity contribution is -0.142. The molecule has 1 aromatic rings. The van der Waals surface area contributed by atoms with Gasteiger partial charge in [-0.25, -0.2) is 0 Å². The van der Waals surface area contributed by atoms with Gasteiger partial charge in [-0.15, -0.1) is 0 Å². The van der Waals surface area contributed by atoms with Gasteiger partial charge >= 0.3 is 5.97 Å². The third-order valence-corrected chi connectivity index (χ3v) is 5.73. The van der Waals surface area contributed by atoms with Crippen LogP contribution in [0.15, 0.2) is 24.4 Å². The maximum absolute atomic E-state index is 11.6. The predicted molar refractivity (Wildman–Crippen MR) is 94.0 cm³/mol. The molecule has 3 rings (SSSR count). The van der Waals surface area contributed by atoms with E-state index in [0.717, 1.165) is 70.5 Å². The Morgan fingerprint density at radius 3 is 2.75 bits per heavy atom. The van der Waals surface area contributed by atoms with Crippen LogP contribution >= 0.6 is 0 Å². The van der Waals surface area contributed by atoms with Gasteiger partial charge in [0.1, 0.15) is 6.04 Å². The van der Waals surface area contributed by atoms with Crippen molar-refractivity contribution in [3.05, 3.63) is 30.1 Å². The Hall–Kier alpha value is -1.46. The topological polar surface area (TPSA) is 56.7 Å². The van der Waals surface area contributed by atoms with Crippen molar-refractivity contribution in [1.82, 2.24) is 14.8 Å². The molecule has 1 N–H and O–H groups in total. The van der Waals surface area contributed by atoms with Crippen LogP contribution in [0, 0.1) is 5.41 Å². The first kappa shape index (κ1) is 17.4. The molecular weight excluding hydrogens is 302 g/mol. The Morgan fingerprint density at radius 1 is 1.33 bits per heavy atom. The van der Waals surface area contributed by atoms with Crippen molar-refractivity contribution in [2.75, 3.05) is 32.7 Å². The van der Waals surface area contributed by atoms with Crippen molar-refractivity contribution in [3.8, 4) is 0 Å². The molecule has 5 nitrogen and oxygen atoms in total. The molecule has 2 aliphatic rings. The summed E-state index contributed by atoms with van der Waals surface area (Å²) in [4.78, 5) is 20.7. The van der Waals surface area contributed by atoms with E-state index in [0.29, 0.717) is 0 Å². The summed E-state index contributed by atoms with van der Waals surface area (Å²) >= 11 is 0. The minimum Gasteiger partial charge on any atom is -0.480 e. The number of carboxylic acid groups (broad SMARTS) is 1. The molecule has 0 radical (unpaired) electrons. The fourth-order valence-corrected chi connectivity index (χ4v) is 4.34. The van der Waals surface area contributed by atoms with Gasteiger partial charge < -0.3 is 10.0 Å². The van der Waals surface area contributed by atoms with E-state index >= 15 is 0 Å². The van der Waals surface area contributed by atoms with Crippen molar-refractivity contribution < 1.29 is 9.90 Å². The van der Waals surface area contributed by atoms with Gasteiger partial charge in [-0.3, -0.25) is 14.7 Å². The van der Waals surface area contributed by atoms with Crippen LogP contribution in [0.3, 0.4) is 0 Å². The Kier molecular flexibility index (Phi) is 5.51. The number of hydrogen-bond acceptors (Lipinski definition) is 4. The van der Waals surface area contributed by atoms with E-state index < -0.39 is 5.97 Å². The number of aliphatic carboxylic acids is 1. The molecule has 24 heavy (non-hydrogen) atoms. The van der Waals surface area contributed by atoms with Crippen molar-refractivity contribution in [3.63, 3.8) is 0 Å². The molecule has 1 spiro atoms. The number of carbonyl (C=O) groups is 1. The van der Waals surface area contributed by atoms with E-state index in [-0.39, 0.29) is 11.5 Å². The van der Waals surface area contributed by atoms with Crippen molar-refractivity contribution >= 4 is 5.97 Å². The number of nitrogens with zero attached hydrogens (tertiary/aromatic N) is 3. The molecule has 2 saturated heterocycles. The van der Waals surface area contributed by atoms with E-state index in [1.54, 1.807) is 0 Å². The highest BCUT2D eigenvalue weighted by Crippen LogP contribution is 2.43. The van der Waals surface area contributed by atoms with Gasteiger partial charge in [0.05, 0.1) is 0 Å². The van der Waals surface area contributed by atoms with Gasteiger partial charge in [-0.2, -0.15) is 0 Å². The molecule has 0 unspecified atom stereocenters. The number of aromatic nitrogens is 1. The highest BCUT2D eigenvalue weighted by Gasteiger charge is 2.47. The van der Waals surface area contributed by atoms with Crippen LogP contribution in [0.4, 0.5) is 0 Å². The molecule has 2 fully saturated rings. The molecule has 3 heterocycles. The third-order valence-electron chi connectivity index (χ3n) is 5.73. The Morgan fingerprint density at radius 2 is 2.12 bits per heavy atom. The first-order valence-corrected chi connectivity index (χ1v) is 9.21. The molecule has 0 aromatic carbocycles. The lowest BCUT2D eigenvalue weighted by atomic mass is 9.76. The second kappa shape index (κ2) is 7.62. The number of likely N-dealkylation sites (tertiary alicyclic amines) is 2. The summed E-state index contributed by atoms with van der Waals surface area (Å²) in [7, 11) is 0. The Labute approximate surface area is 144 Å². The molecule has 5 heteroatoms. The highest BCUT2D eigenvalue weighted by molar-refractivity contribution is 5.74. The first-order valence-electron chi connectivity index (χ1n) is 9.21. The third kappa shape index (κ3) is 3.95. The maximum atomic E-state index is 11.6. The monoisotopic (exact) mass is 331 g/mol. The number of pyridine rings is 1. The lowest BCUT2D eigenvalue weighted by Crippen LogP contribution is -2.42. The molecule has 1 atom stereocenters. The fraction of sp³-hybridized carbons (Fsp3) is 0.684. The number of piperidine rings is 1. The Bertz CT molecular complexity index is 541. The zero-order valence-electron chi connectivity index (χ0n) is 14.7. The van der Waals surface area contributed by atoms with E-state index in [4.69, 9.17) is 0 Å². The average molecular weight is 331 g/mol. The van der Waals surface area contributed by atoms with Crippen molar-refractivity contribution in [2.45, 2.75) is 45.1 Å². The SMILES string of the molecule is CCCN1CC2(CCN(CCc3ccccn3)CC2)C[C@@H]1C(=O)O. The number of hydrogen-bond donors (Lipinski definition) is 1. The molecule has 0 saturated carbocycles. The summed E-state index contributed by atoms with van der Waals surface area (Å²) in [5, 5.41) is 9.53. The standard InChI is InChI=1S/C19H29N3O2/c1-2-10-22-15-19(14-17(22)18(23)24)7-12-21(13-8-19)11-6-16-5-3-4-9-20-16/h3-5,9,17H,2,6-8,10-15H2,1H3,(H,23,24)/t17-/m1/s1. The molecule has 0 amide bonds. The minimum absolute atomic E-state index is 0.222. The maximum Gasteiger partial charge on any atom is 0.320 e. The fourth-order valence-electron chi connectivity index (χ4n) is 4.34. The minimum atomic E-state index is -0.641. The van der Waals surface area contributed by atoms with Crippen LogP contribution in [-0.4, -0.2) is 64.6 Å². The van der Waals surface area contributed by atoms with E-state index in [9.17, 15) is 9.90 Å². The summed E-state index contributed by atoms with van der Waals surface area (Å²) in [5.74, 6) is -0.641. The summed E-state index contributed by atoms with van der Waals surface area (Å²) in [5.41, 5.74) is 1.37. The predicted octanol–water partition coefficient (Wildman–Crippen LogP) is 2.28. The van der Waals surface area contributed by atoms with Crippen LogP contribution in [0.2, 0.25) is 0 Å². The van der Waals surface area contributed by atoms with Gasteiger partial charge in [-0.1, -0.05) is 13.0 Å². The molecule has 0 bridgehead atoms. The number of rotatable bonds is 6. The quantitative estimate of drug-likeness (QED) is 0.867. The van der Waals surface area contributed by atoms with Gasteiger partial charge in [0.15, 0.2) is 0 Å². The van der Waals surface area contributed by atoms with Gasteiger partial charge in [0, 0.05) is 31.4 Å². The lowest BCUT2D eigenvalue weighted by Gasteiger charge is -2.39. The number of carboxylic acids is 1. The average Bonchev–Trinajstić information content (AvgIpc) is 2.94. The summed E-state index contributed by atoms with van der Waals surface area (Å²) in [6.07, 6.45) is 6.95. The van der Waals surface area contributed by atoms with Gasteiger partial charge in [0.2, 0.25) is 0 Å². The molecular formula is C19H29N3O2. The second-order valence-corrected chi connectivity index (χ2v) is 7.44. The molecule has 2 aliphatic heterocycles. The van der Waals surface area contributed by atoms with Crippen LogP contribution in [0.5, 0.6) is 0 Å². The summed E-state index contributed by atoms with van der Waals surface area (Å²) < 4.78 is 0. The van der Waals surface area contributed by atoms with Gasteiger partial charge in [-0.05, 0) is 62.9 Å². The smallest absolute Gasteiger partial charge is 0.320 e. The molecule has 1 aromatic heterocycles. The van der Waals surface area contributed by atoms with E-state index in [1.807, 2.05) is 18.3 Å². The van der Waals surface area contributed by atoms with Crippen LogP contribution in [-0.2, 0) is 11.2 Å². The summed E-state index contributed by atoms with van der Waals surface area (Å²) in [6.45, 7) is 7.21. The van der Waals surface area contributed by atoms with Gasteiger partial charge in [0.25, 0.3) is 0 Å². The van der Waals surface area contributed by atoms with Crippen LogP contribution in [0.25, 0.3) is 0 Å². The highest BCUT2D eigenvalue weighted by atomic mass is 16.4. The van der Waals surface area contributed by atoms with E-state index in [2.05, 4.69) is 27.8 Å². The zero-order valence-corrected chi connectivity index (χ0v) is 14.7. The zero-order chi connectivity index (χ0) is 17.0. The Balaban J connectivity index is 1.52. The summed E-state index contributed by atoms with van der Waals surface area (Å²) in [6, 6.07) is 5.81. The second-order valence-electron chi connectivity index (χ2n) is 7.44. The molecule has 132 valence electrons.